The zero-order chi connectivity index (χ0) is 17.7. The summed E-state index contributed by atoms with van der Waals surface area (Å²) in [6, 6.07) is 8.50. The number of rotatable bonds is 3. The molecule has 0 aliphatic carbocycles. The van der Waals surface area contributed by atoms with Gasteiger partial charge >= 0.3 is 0 Å². The standard InChI is InChI=1S/C16H14FNO4S2/c1-16(2)15(19)13(11-7-8-12(17)23-11)14(22-16)9-3-5-10(6-4-9)24(18,20)21/h3-8H,1-2H3,(H2,18,20,21). The third kappa shape index (κ3) is 2.88. The maximum absolute atomic E-state index is 13.4. The Morgan fingerprint density at radius 2 is 1.75 bits per heavy atom. The molecule has 0 fully saturated rings. The number of ether oxygens (including phenoxy) is 1. The van der Waals surface area contributed by atoms with Gasteiger partial charge in [-0.15, -0.1) is 11.3 Å². The second-order valence-corrected chi connectivity index (χ2v) is 8.41. The van der Waals surface area contributed by atoms with Crippen LogP contribution in [0.15, 0.2) is 41.3 Å². The van der Waals surface area contributed by atoms with Gasteiger partial charge in [-0.25, -0.2) is 13.6 Å². The van der Waals surface area contributed by atoms with Crippen molar-refractivity contribution in [1.82, 2.24) is 0 Å². The molecular formula is C16H14FNO4S2. The minimum atomic E-state index is -3.81. The van der Waals surface area contributed by atoms with E-state index in [9.17, 15) is 17.6 Å². The minimum Gasteiger partial charge on any atom is -0.478 e. The number of Topliss-reactive ketones (excluding diaryl/α,β-unsaturated/α-hetero) is 1. The highest BCUT2D eigenvalue weighted by atomic mass is 32.2. The van der Waals surface area contributed by atoms with E-state index in [2.05, 4.69) is 0 Å². The molecule has 0 saturated carbocycles. The lowest BCUT2D eigenvalue weighted by molar-refractivity contribution is -0.125. The van der Waals surface area contributed by atoms with Gasteiger partial charge in [-0.2, -0.15) is 4.39 Å². The van der Waals surface area contributed by atoms with Crippen molar-refractivity contribution in [3.05, 3.63) is 52.0 Å². The van der Waals surface area contributed by atoms with Crippen LogP contribution in [0.5, 0.6) is 0 Å². The predicted molar refractivity (Wildman–Crippen MR) is 89.1 cm³/mol. The van der Waals surface area contributed by atoms with Gasteiger partial charge in [0.1, 0.15) is 5.76 Å². The number of ketones is 1. The molecular weight excluding hydrogens is 353 g/mol. The van der Waals surface area contributed by atoms with E-state index < -0.39 is 20.8 Å². The average Bonchev–Trinajstić information content (AvgIpc) is 3.00. The van der Waals surface area contributed by atoms with Crippen molar-refractivity contribution >= 4 is 38.5 Å². The van der Waals surface area contributed by atoms with Crippen LogP contribution < -0.4 is 5.14 Å². The lowest BCUT2D eigenvalue weighted by Gasteiger charge is -2.17. The predicted octanol–water partition coefficient (Wildman–Crippen LogP) is 2.78. The molecule has 24 heavy (non-hydrogen) atoms. The molecule has 0 radical (unpaired) electrons. The Hall–Kier alpha value is -2.03. The van der Waals surface area contributed by atoms with Crippen molar-refractivity contribution in [2.24, 2.45) is 5.14 Å². The van der Waals surface area contributed by atoms with Crippen molar-refractivity contribution < 1.29 is 22.3 Å². The van der Waals surface area contributed by atoms with Crippen LogP contribution in [0.1, 0.15) is 24.3 Å². The van der Waals surface area contributed by atoms with Crippen molar-refractivity contribution in [3.8, 4) is 0 Å². The first-order valence-electron chi connectivity index (χ1n) is 6.96. The van der Waals surface area contributed by atoms with Crippen LogP contribution in [0.3, 0.4) is 0 Å². The Labute approximate surface area is 142 Å². The summed E-state index contributed by atoms with van der Waals surface area (Å²) in [4.78, 5) is 13.1. The first-order chi connectivity index (χ1) is 11.1. The molecule has 0 spiro atoms. The first kappa shape index (κ1) is 16.8. The van der Waals surface area contributed by atoms with Gasteiger partial charge in [-0.3, -0.25) is 4.79 Å². The van der Waals surface area contributed by atoms with E-state index in [0.29, 0.717) is 16.2 Å². The molecule has 1 aromatic heterocycles. The number of sulfonamides is 1. The van der Waals surface area contributed by atoms with Gasteiger partial charge in [0.25, 0.3) is 0 Å². The molecule has 0 atom stereocenters. The fourth-order valence-corrected chi connectivity index (χ4v) is 3.71. The summed E-state index contributed by atoms with van der Waals surface area (Å²) < 4.78 is 41.9. The third-order valence-electron chi connectivity index (χ3n) is 3.62. The van der Waals surface area contributed by atoms with Crippen molar-refractivity contribution in [3.63, 3.8) is 0 Å². The van der Waals surface area contributed by atoms with E-state index >= 15 is 0 Å². The molecule has 0 unspecified atom stereocenters. The van der Waals surface area contributed by atoms with Crippen LogP contribution >= 0.6 is 11.3 Å². The number of hydrogen-bond donors (Lipinski definition) is 1. The quantitative estimate of drug-likeness (QED) is 0.904. The molecule has 8 heteroatoms. The van der Waals surface area contributed by atoms with E-state index in [-0.39, 0.29) is 16.3 Å². The monoisotopic (exact) mass is 367 g/mol. The largest absolute Gasteiger partial charge is 0.478 e. The summed E-state index contributed by atoms with van der Waals surface area (Å²) in [6.45, 7) is 3.26. The number of hydrogen-bond acceptors (Lipinski definition) is 5. The Kier molecular flexibility index (Phi) is 3.86. The van der Waals surface area contributed by atoms with Gasteiger partial charge in [0.15, 0.2) is 10.7 Å². The molecule has 2 aromatic rings. The van der Waals surface area contributed by atoms with Gasteiger partial charge in [-0.1, -0.05) is 0 Å². The van der Waals surface area contributed by atoms with Crippen molar-refractivity contribution in [2.45, 2.75) is 24.3 Å². The Morgan fingerprint density at radius 1 is 1.12 bits per heavy atom. The SMILES string of the molecule is CC1(C)OC(c2ccc(S(N)(=O)=O)cc2)=C(c2ccc(F)s2)C1=O. The van der Waals surface area contributed by atoms with E-state index in [0.717, 1.165) is 11.3 Å². The van der Waals surface area contributed by atoms with E-state index in [1.165, 1.54) is 36.4 Å². The molecule has 1 aliphatic rings. The molecule has 126 valence electrons. The Bertz CT molecular complexity index is 956. The summed E-state index contributed by atoms with van der Waals surface area (Å²) >= 11 is 0.854. The lowest BCUT2D eigenvalue weighted by atomic mass is 9.97. The maximum Gasteiger partial charge on any atom is 0.238 e. The molecule has 0 amide bonds. The summed E-state index contributed by atoms with van der Waals surface area (Å²) in [5, 5.41) is 4.68. The van der Waals surface area contributed by atoms with E-state index in [4.69, 9.17) is 9.88 Å². The molecule has 5 nitrogen and oxygen atoms in total. The van der Waals surface area contributed by atoms with Gasteiger partial charge in [0, 0.05) is 10.4 Å². The topological polar surface area (TPSA) is 86.5 Å². The number of benzene rings is 1. The van der Waals surface area contributed by atoms with E-state index in [1.807, 2.05) is 0 Å². The van der Waals surface area contributed by atoms with Gasteiger partial charge < -0.3 is 4.74 Å². The molecule has 1 aliphatic heterocycles. The number of halogens is 1. The first-order valence-corrected chi connectivity index (χ1v) is 9.33. The van der Waals surface area contributed by atoms with Gasteiger partial charge in [0.2, 0.25) is 15.8 Å². The molecule has 3 rings (SSSR count). The fourth-order valence-electron chi connectivity index (χ4n) is 2.43. The normalized spacial score (nSPS) is 17.2. The van der Waals surface area contributed by atoms with Crippen LogP contribution in [0.2, 0.25) is 0 Å². The average molecular weight is 367 g/mol. The molecule has 2 N–H and O–H groups in total. The van der Waals surface area contributed by atoms with E-state index in [1.54, 1.807) is 13.8 Å². The fraction of sp³-hybridized carbons (Fsp3) is 0.188. The second kappa shape index (κ2) is 5.51. The Morgan fingerprint density at radius 3 is 2.25 bits per heavy atom. The van der Waals surface area contributed by atoms with Crippen LogP contribution in [-0.2, 0) is 19.6 Å². The van der Waals surface area contributed by atoms with Crippen LogP contribution in [0.25, 0.3) is 11.3 Å². The van der Waals surface area contributed by atoms with Crippen LogP contribution in [-0.4, -0.2) is 19.8 Å². The summed E-state index contributed by atoms with van der Waals surface area (Å²) in [6.07, 6.45) is 0. The van der Waals surface area contributed by atoms with Gasteiger partial charge in [0.05, 0.1) is 10.5 Å². The number of carbonyl (C=O) groups excluding carboxylic acids is 1. The maximum atomic E-state index is 13.4. The van der Waals surface area contributed by atoms with Crippen LogP contribution in [0.4, 0.5) is 4.39 Å². The van der Waals surface area contributed by atoms with Crippen LogP contribution in [0, 0.1) is 5.13 Å². The van der Waals surface area contributed by atoms with Crippen molar-refractivity contribution in [1.29, 1.82) is 0 Å². The summed E-state index contributed by atoms with van der Waals surface area (Å²) in [5.74, 6) is 0.0442. The minimum absolute atomic E-state index is 0.0425. The molecule has 1 aromatic carbocycles. The number of nitrogens with two attached hydrogens (primary N) is 1. The number of primary sulfonamides is 1. The lowest BCUT2D eigenvalue weighted by Crippen LogP contribution is -2.29. The number of carbonyl (C=O) groups is 1. The zero-order valence-electron chi connectivity index (χ0n) is 12.9. The highest BCUT2D eigenvalue weighted by Crippen LogP contribution is 2.43. The summed E-state index contributed by atoms with van der Waals surface area (Å²) in [7, 11) is -3.81. The summed E-state index contributed by atoms with van der Waals surface area (Å²) in [5.41, 5.74) is -0.272. The molecule has 0 saturated heterocycles. The third-order valence-corrected chi connectivity index (χ3v) is 5.44. The molecule has 0 bridgehead atoms. The highest BCUT2D eigenvalue weighted by Gasteiger charge is 2.43. The highest BCUT2D eigenvalue weighted by molar-refractivity contribution is 7.89. The zero-order valence-corrected chi connectivity index (χ0v) is 14.5. The Balaban J connectivity index is 2.15. The number of thiophene rings is 1. The smallest absolute Gasteiger partial charge is 0.238 e. The van der Waals surface area contributed by atoms with Crippen molar-refractivity contribution in [2.75, 3.05) is 0 Å². The second-order valence-electron chi connectivity index (χ2n) is 5.82. The van der Waals surface area contributed by atoms with Gasteiger partial charge in [-0.05, 0) is 50.2 Å². The molecule has 2 heterocycles.